The molecule has 29 nitrogen and oxygen atoms in total. The van der Waals surface area contributed by atoms with Crippen molar-refractivity contribution in [3.05, 3.63) is 179 Å². The van der Waals surface area contributed by atoms with Crippen molar-refractivity contribution in [3.8, 4) is 11.5 Å². The molecule has 0 radical (unpaired) electrons. The molecule has 8 saturated carbocycles. The first-order chi connectivity index (χ1) is 58.9. The number of hydrogen-bond acceptors (Lipinski definition) is 18. The van der Waals surface area contributed by atoms with E-state index in [1.807, 2.05) is 84.9 Å². The molecule has 14 aliphatic rings. The summed E-state index contributed by atoms with van der Waals surface area (Å²) in [5.41, 5.74) is 2.08. The number of ether oxygens (including phenoxy) is 2. The van der Waals surface area contributed by atoms with Gasteiger partial charge in [0.25, 0.3) is 0 Å². The van der Waals surface area contributed by atoms with Crippen molar-refractivity contribution in [1.29, 1.82) is 0 Å². The summed E-state index contributed by atoms with van der Waals surface area (Å²) in [5, 5.41) is 65.2. The second-order valence-electron chi connectivity index (χ2n) is 36.9. The molecule has 8 heterocycles. The maximum atomic E-state index is 16.1. The molecule has 0 unspecified atom stereocenters. The normalized spacial score (nSPS) is 29.5. The van der Waals surface area contributed by atoms with Gasteiger partial charge >= 0.3 is 11.9 Å². The zero-order valence-electron chi connectivity index (χ0n) is 69.4. The minimum Gasteiger partial charge on any atom is -0.487 e. The zero-order valence-corrected chi connectivity index (χ0v) is 69.4. The fourth-order valence-electron chi connectivity index (χ4n) is 22.8. The van der Waals surface area contributed by atoms with Crippen LogP contribution in [0.5, 0.6) is 11.5 Å². The van der Waals surface area contributed by atoms with Gasteiger partial charge in [0, 0.05) is 56.0 Å². The summed E-state index contributed by atoms with van der Waals surface area (Å²) in [6.07, 6.45) is 13.4. The minimum absolute atomic E-state index is 0.00544. The van der Waals surface area contributed by atoms with Gasteiger partial charge in [-0.15, -0.1) is 10.2 Å². The second-order valence-corrected chi connectivity index (χ2v) is 36.9. The van der Waals surface area contributed by atoms with E-state index in [9.17, 15) is 29.4 Å². The molecule has 20 bridgehead atoms. The number of aliphatic carboxylic acids is 2. The van der Waals surface area contributed by atoms with Gasteiger partial charge in [0.1, 0.15) is 72.4 Å². The highest BCUT2D eigenvalue weighted by atomic mass is 16.5. The van der Waals surface area contributed by atoms with Crippen LogP contribution in [-0.4, -0.2) is 191 Å². The number of likely N-dealkylation sites (tertiary alicyclic amines) is 2. The molecule has 7 amide bonds. The molecule has 12 atom stereocenters. The number of carbonyl (C=O) groups excluding carboxylic acids is 8. The number of likely N-dealkylation sites (N-methyl/N-ethyl adjacent to an activating group) is 2. The van der Waals surface area contributed by atoms with Crippen molar-refractivity contribution in [2.24, 2.45) is 52.3 Å². The Morgan fingerprint density at radius 2 is 0.877 bits per heavy atom. The monoisotopic (exact) mass is 1660 g/mol. The zero-order chi connectivity index (χ0) is 84.8. The van der Waals surface area contributed by atoms with Crippen LogP contribution < -0.4 is 46.7 Å². The van der Waals surface area contributed by atoms with Crippen molar-refractivity contribution < 1.29 is 67.6 Å². The molecule has 10 fully saturated rings. The second kappa shape index (κ2) is 34.8. The molecule has 2 aromatic heterocycles. The van der Waals surface area contributed by atoms with Gasteiger partial charge in [-0.2, -0.15) is 0 Å². The molecular formula is C93H109N15O14. The van der Waals surface area contributed by atoms with E-state index < -0.39 is 137 Å². The van der Waals surface area contributed by atoms with Crippen LogP contribution in [0.25, 0.3) is 21.5 Å². The Morgan fingerprint density at radius 3 is 1.29 bits per heavy atom. The Hall–Kier alpha value is -11.5. The maximum Gasteiger partial charge on any atom is 0.326 e. The third kappa shape index (κ3) is 17.7. The van der Waals surface area contributed by atoms with Crippen molar-refractivity contribution >= 4 is 80.6 Å². The summed E-state index contributed by atoms with van der Waals surface area (Å²) in [7, 11) is 3.36. The molecular weight excluding hydrogens is 1550 g/mol. The van der Waals surface area contributed by atoms with E-state index in [1.54, 1.807) is 103 Å². The van der Waals surface area contributed by atoms with Crippen LogP contribution >= 0.6 is 0 Å². The van der Waals surface area contributed by atoms with E-state index in [4.69, 9.17) is 9.47 Å². The fourth-order valence-corrected chi connectivity index (χ4v) is 22.8. The standard InChI is InChI=1S/C93H109N15O14/c1-52(94-3)83(110)99-81(92-40-58-25-59(41-92)27-60(26-58)42-92)88(115)105-48-71-38-78(105)86(113)96-75(35-56-13-19-64-9-5-7-11-66(64)32-56)80(109)37-68(90(117)118)31-54-15-21-73(22-16-54)121-50-69-47-108(104-101-69)72-39-79(106(49-72)89(116)82(100-84(111)53(2)95-4)93-43-61-28-62(44-93)30-63(29-61)45-93)87(114)97-76(36-57-14-20-65-10-6-8-12-67(65)33-57)85(112)98-77(91(119)120)34-55-17-23-74(24-18-55)122-51-70-46-107(71)103-102-70/h5-24,32-33,46-47,52-53,58-63,68,71-72,75-79,81-82,94-95H,25-31,34-45,48-51H2,1-4H3,(H,96,113)(H,97,114)(H,98,112)(H,99,110)(H,100,111)(H,117,118)(H,119,120)/t52-,53-,58?,59?,60?,61?,62?,63?,68+,71-,72-,75-,76-,77-,78-,79-,81+,82+,92?,93?/m0/s1. The number of carboxylic acid groups (broad SMARTS) is 2. The molecule has 2 saturated heterocycles. The van der Waals surface area contributed by atoms with Crippen LogP contribution in [0.3, 0.4) is 0 Å². The predicted octanol–water partition coefficient (Wildman–Crippen LogP) is 7.72. The van der Waals surface area contributed by atoms with E-state index in [0.29, 0.717) is 80.6 Å². The lowest BCUT2D eigenvalue weighted by molar-refractivity contribution is -0.152. The molecule has 6 aliphatic heterocycles. The number of amides is 7. The largest absolute Gasteiger partial charge is 0.487 e. The third-order valence-corrected chi connectivity index (χ3v) is 28.5. The number of nitrogens with zero attached hydrogens (tertiary/aromatic N) is 8. The van der Waals surface area contributed by atoms with Gasteiger partial charge in [0.05, 0.1) is 48.5 Å². The van der Waals surface area contributed by atoms with Crippen LogP contribution in [0.4, 0.5) is 0 Å². The van der Waals surface area contributed by atoms with Gasteiger partial charge < -0.3 is 66.7 Å². The van der Waals surface area contributed by atoms with Gasteiger partial charge in [0.2, 0.25) is 41.4 Å². The summed E-state index contributed by atoms with van der Waals surface area (Å²) in [6, 6.07) is 29.1. The number of aromatic nitrogens is 6. The van der Waals surface area contributed by atoms with Gasteiger partial charge in [-0.1, -0.05) is 120 Å². The number of hydrogen-bond donors (Lipinski definition) is 9. The number of fused-ring (bicyclic) bond motifs is 2. The average Bonchev–Trinajstić information content (AvgIpc) is 0.771. The Morgan fingerprint density at radius 1 is 0.475 bits per heavy atom. The quantitative estimate of drug-likeness (QED) is 0.0447. The van der Waals surface area contributed by atoms with Crippen molar-refractivity contribution in [1.82, 2.24) is 77.0 Å². The Balaban J connectivity index is 0.690. The van der Waals surface area contributed by atoms with Gasteiger partial charge in [-0.05, 0) is 221 Å². The number of nitrogens with one attached hydrogen (secondary N) is 7. The van der Waals surface area contributed by atoms with Crippen LogP contribution in [0, 0.1) is 52.3 Å². The van der Waals surface area contributed by atoms with E-state index in [2.05, 4.69) is 57.8 Å². The molecule has 6 aromatic carbocycles. The minimum atomic E-state index is -1.50. The molecule has 8 aliphatic carbocycles. The third-order valence-electron chi connectivity index (χ3n) is 28.5. The van der Waals surface area contributed by atoms with Gasteiger partial charge in [0.15, 0.2) is 5.78 Å². The van der Waals surface area contributed by atoms with Crippen molar-refractivity contribution in [3.63, 3.8) is 0 Å². The molecule has 640 valence electrons. The number of benzene rings is 6. The number of carbonyl (C=O) groups is 10. The number of ketones is 1. The molecule has 22 rings (SSSR count). The Bertz CT molecular complexity index is 4910. The lowest BCUT2D eigenvalue weighted by Crippen LogP contribution is -2.65. The molecule has 122 heavy (non-hydrogen) atoms. The molecule has 9 N–H and O–H groups in total. The van der Waals surface area contributed by atoms with Crippen LogP contribution in [-0.2, 0) is 86.8 Å². The molecule has 8 aromatic rings. The van der Waals surface area contributed by atoms with Gasteiger partial charge in [-0.25, -0.2) is 14.2 Å². The highest BCUT2D eigenvalue weighted by molar-refractivity contribution is 5.99. The molecule has 29 heteroatoms. The summed E-state index contributed by atoms with van der Waals surface area (Å²) < 4.78 is 15.8. The maximum absolute atomic E-state index is 16.1. The van der Waals surface area contributed by atoms with Crippen molar-refractivity contribution in [2.45, 2.75) is 216 Å². The van der Waals surface area contributed by atoms with E-state index in [0.717, 1.165) is 98.6 Å². The Kier molecular flexibility index (Phi) is 23.6. The number of rotatable bonds is 16. The Labute approximate surface area is 707 Å². The molecule has 0 spiro atoms. The lowest BCUT2D eigenvalue weighted by Gasteiger charge is -2.59. The van der Waals surface area contributed by atoms with Crippen LogP contribution in [0.15, 0.2) is 146 Å². The van der Waals surface area contributed by atoms with Crippen molar-refractivity contribution in [2.75, 3.05) is 27.2 Å². The topological polar surface area (TPSA) is 382 Å². The predicted molar refractivity (Wildman–Crippen MR) is 449 cm³/mol. The first kappa shape index (κ1) is 82.8. The van der Waals surface area contributed by atoms with Crippen LogP contribution in [0.2, 0.25) is 0 Å². The SMILES string of the molecule is CN[C@@H](C)C(=O)N[C@H](C(=O)N1C[C@@H]2C[C@H]1C(=O)N[C@@H](Cc1ccc3ccccc3c1)C(=O)C[C@H](C(=O)O)Cc1ccc(cc1)OCc1cn(nn1)[C@H]1C[C@@H](C(=O)N[C@@H](Cc3ccc4ccccc4c3)C(=O)N[C@H](C(=O)O)Cc3ccc(cc3)OCc3cn2nn3)N(C(=O)[C@@H](NC(=O)[C@H](C)NC)C23CC4CC(CC(C4)C2)C3)C1)C12CC3CC(CC(C3)C1)C2. The lowest BCUT2D eigenvalue weighted by atomic mass is 9.47. The highest BCUT2D eigenvalue weighted by Crippen LogP contribution is 2.63. The summed E-state index contributed by atoms with van der Waals surface area (Å²) >= 11 is 0. The highest BCUT2D eigenvalue weighted by Gasteiger charge is 2.61. The van der Waals surface area contributed by atoms with E-state index >= 15 is 28.8 Å². The number of carboxylic acids is 2. The summed E-state index contributed by atoms with van der Waals surface area (Å²) in [6.45, 7) is 3.21. The van der Waals surface area contributed by atoms with E-state index in [-0.39, 0.29) is 76.6 Å². The summed E-state index contributed by atoms with van der Waals surface area (Å²) in [5.74, 6) is -4.92. The first-order valence-electron chi connectivity index (χ1n) is 43.5. The first-order valence-corrected chi connectivity index (χ1v) is 43.5. The summed E-state index contributed by atoms with van der Waals surface area (Å²) in [4.78, 5) is 153. The smallest absolute Gasteiger partial charge is 0.326 e. The fraction of sp³-hybridized carbons (Fsp3) is 0.505. The average molecular weight is 1660 g/mol. The van der Waals surface area contributed by atoms with E-state index in [1.165, 1.54) is 4.90 Å². The number of Topliss-reactive ketones (excluding diaryl/α,β-unsaturated/α-hetero) is 1. The van der Waals surface area contributed by atoms with Crippen LogP contribution in [0.1, 0.15) is 156 Å². The van der Waals surface area contributed by atoms with Gasteiger partial charge in [-0.3, -0.25) is 43.2 Å².